The molecule has 1 radical (unpaired) electrons. The summed E-state index contributed by atoms with van der Waals surface area (Å²) < 4.78 is 0. The van der Waals surface area contributed by atoms with Crippen LogP contribution in [0.2, 0.25) is 0 Å². The third-order valence-corrected chi connectivity index (χ3v) is 8.48. The van der Waals surface area contributed by atoms with Crippen molar-refractivity contribution in [1.82, 2.24) is 4.98 Å². The second kappa shape index (κ2) is 15.6. The van der Waals surface area contributed by atoms with Gasteiger partial charge in [-0.3, -0.25) is 4.79 Å². The first kappa shape index (κ1) is 35.7. The van der Waals surface area contributed by atoms with Gasteiger partial charge in [-0.15, -0.1) is 34.9 Å². The first-order valence-corrected chi connectivity index (χ1v) is 14.7. The molecule has 1 heterocycles. The van der Waals surface area contributed by atoms with Gasteiger partial charge in [0.1, 0.15) is 5.76 Å². The summed E-state index contributed by atoms with van der Waals surface area (Å²) in [4.78, 5) is 16.8. The average molecular weight is 721 g/mol. The summed E-state index contributed by atoms with van der Waals surface area (Å²) >= 11 is 0. The van der Waals surface area contributed by atoms with Crippen molar-refractivity contribution in [3.8, 4) is 11.3 Å². The van der Waals surface area contributed by atoms with E-state index in [-0.39, 0.29) is 42.5 Å². The van der Waals surface area contributed by atoms with E-state index in [2.05, 4.69) is 75.1 Å². The Balaban J connectivity index is 0.000000406. The minimum Gasteiger partial charge on any atom is -0.512 e. The van der Waals surface area contributed by atoms with Gasteiger partial charge < -0.3 is 10.1 Å². The number of hydrogen-bond acceptors (Lipinski definition) is 3. The Morgan fingerprint density at radius 1 is 0.950 bits per heavy atom. The molecule has 221 valence electrons. The summed E-state index contributed by atoms with van der Waals surface area (Å²) in [7, 11) is 0. The fourth-order valence-corrected chi connectivity index (χ4v) is 4.73. The Hall–Kier alpha value is -2.29. The quantitative estimate of drug-likeness (QED) is 0.129. The maximum atomic E-state index is 12.2. The van der Waals surface area contributed by atoms with Gasteiger partial charge in [0.2, 0.25) is 0 Å². The molecule has 0 fully saturated rings. The van der Waals surface area contributed by atoms with Crippen LogP contribution in [0.4, 0.5) is 0 Å². The molecule has 3 nitrogen and oxygen atoms in total. The standard InChI is InChI=1S/C21H22N.C15H28O2.Ir/c1-14(2)9-17-5-6-18-7-8-22-21(20(18)13-17)19-11-15(3)10-16(4)12-19;1-7-14(5,8-2)12(16)11-13(17)15(6,9-3)10-4;/h5-8,10-11,13-14H,9H2,1-4H3;11,16H,7-10H2,1-6H3;/q-1;;/b;12-11-;. The van der Waals surface area contributed by atoms with E-state index in [1.807, 2.05) is 47.7 Å². The van der Waals surface area contributed by atoms with Crippen LogP contribution in [0.5, 0.6) is 0 Å². The Labute approximate surface area is 257 Å². The summed E-state index contributed by atoms with van der Waals surface area (Å²) in [6.07, 6.45) is 7.75. The molecule has 1 aromatic heterocycles. The molecule has 0 aliphatic heterocycles. The van der Waals surface area contributed by atoms with Gasteiger partial charge in [-0.05, 0) is 66.1 Å². The molecule has 3 aromatic rings. The fraction of sp³-hybridized carbons (Fsp3) is 0.500. The largest absolute Gasteiger partial charge is 0.512 e. The second-order valence-electron chi connectivity index (χ2n) is 12.0. The van der Waals surface area contributed by atoms with Crippen LogP contribution in [-0.2, 0) is 31.3 Å². The van der Waals surface area contributed by atoms with Gasteiger partial charge >= 0.3 is 0 Å². The van der Waals surface area contributed by atoms with E-state index < -0.39 is 0 Å². The summed E-state index contributed by atoms with van der Waals surface area (Å²) in [6, 6.07) is 16.6. The number of nitrogens with zero attached hydrogens (tertiary/aromatic N) is 1. The zero-order valence-corrected chi connectivity index (χ0v) is 28.8. The van der Waals surface area contributed by atoms with Gasteiger partial charge in [0.15, 0.2) is 5.78 Å². The van der Waals surface area contributed by atoms with Crippen molar-refractivity contribution >= 4 is 16.6 Å². The number of aryl methyl sites for hydroxylation is 2. The van der Waals surface area contributed by atoms with Crippen LogP contribution >= 0.6 is 0 Å². The van der Waals surface area contributed by atoms with Gasteiger partial charge in [-0.1, -0.05) is 87.4 Å². The summed E-state index contributed by atoms with van der Waals surface area (Å²) in [5.41, 5.74) is 5.31. The van der Waals surface area contributed by atoms with Crippen LogP contribution in [0.1, 0.15) is 97.8 Å². The Morgan fingerprint density at radius 3 is 2.08 bits per heavy atom. The van der Waals surface area contributed by atoms with E-state index in [9.17, 15) is 9.90 Å². The number of ketones is 1. The van der Waals surface area contributed by atoms with E-state index in [0.717, 1.165) is 48.9 Å². The van der Waals surface area contributed by atoms with E-state index in [0.29, 0.717) is 5.92 Å². The molecule has 0 spiro atoms. The maximum absolute atomic E-state index is 12.2. The van der Waals surface area contributed by atoms with Crippen LogP contribution in [-0.4, -0.2) is 15.9 Å². The third-order valence-electron chi connectivity index (χ3n) is 8.48. The number of pyridine rings is 1. The van der Waals surface area contributed by atoms with E-state index >= 15 is 0 Å². The van der Waals surface area contributed by atoms with Crippen molar-refractivity contribution in [1.29, 1.82) is 0 Å². The van der Waals surface area contributed by atoms with E-state index in [1.165, 1.54) is 28.0 Å². The predicted octanol–water partition coefficient (Wildman–Crippen LogP) is 10.2. The zero-order chi connectivity index (χ0) is 29.4. The van der Waals surface area contributed by atoms with Crippen molar-refractivity contribution in [3.05, 3.63) is 77.2 Å². The Morgan fingerprint density at radius 2 is 1.55 bits per heavy atom. The molecule has 0 saturated heterocycles. The maximum Gasteiger partial charge on any atom is 0.164 e. The Bertz CT molecular complexity index is 1260. The number of aromatic nitrogens is 1. The van der Waals surface area contributed by atoms with Crippen molar-refractivity contribution in [2.45, 2.75) is 101 Å². The predicted molar refractivity (Wildman–Crippen MR) is 167 cm³/mol. The van der Waals surface area contributed by atoms with E-state index in [4.69, 9.17) is 0 Å². The van der Waals surface area contributed by atoms with Crippen molar-refractivity contribution < 1.29 is 30.0 Å². The minimum absolute atomic E-state index is 0. The smallest absolute Gasteiger partial charge is 0.164 e. The minimum atomic E-state index is -0.337. The van der Waals surface area contributed by atoms with Gasteiger partial charge in [0, 0.05) is 43.2 Å². The molecule has 1 N–H and O–H groups in total. The number of hydrogen-bond donors (Lipinski definition) is 1. The molecule has 3 rings (SSSR count). The summed E-state index contributed by atoms with van der Waals surface area (Å²) in [5, 5.41) is 12.6. The van der Waals surface area contributed by atoms with Gasteiger partial charge in [0.05, 0.1) is 0 Å². The molecule has 0 amide bonds. The molecule has 4 heteroatoms. The molecule has 0 atom stereocenters. The number of aliphatic hydroxyl groups is 1. The first-order valence-electron chi connectivity index (χ1n) is 14.7. The zero-order valence-electron chi connectivity index (χ0n) is 26.4. The first-order chi connectivity index (χ1) is 18.3. The second-order valence-corrected chi connectivity index (χ2v) is 12.0. The van der Waals surface area contributed by atoms with Crippen LogP contribution in [0.25, 0.3) is 22.0 Å². The van der Waals surface area contributed by atoms with E-state index in [1.54, 1.807) is 0 Å². The fourth-order valence-electron chi connectivity index (χ4n) is 4.73. The SMILES string of the molecule is CCC(C)(CC)C(=O)/C=C(\O)C(C)(CC)CC.Cc1[c-]c(-c2nccc3ccc(CC(C)C)cc23)cc(C)c1.[Ir]. The monoisotopic (exact) mass is 721 g/mol. The van der Waals surface area contributed by atoms with Gasteiger partial charge in [0.25, 0.3) is 0 Å². The van der Waals surface area contributed by atoms with Crippen LogP contribution in [0, 0.1) is 36.7 Å². The number of fused-ring (bicyclic) bond motifs is 1. The molecule has 0 aliphatic rings. The molecule has 0 bridgehead atoms. The molecule has 40 heavy (non-hydrogen) atoms. The number of benzene rings is 2. The normalized spacial score (nSPS) is 12.1. The summed E-state index contributed by atoms with van der Waals surface area (Å²) in [5.74, 6) is 0.944. The molecule has 0 unspecified atom stereocenters. The summed E-state index contributed by atoms with van der Waals surface area (Å²) in [6.45, 7) is 20.8. The number of carbonyl (C=O) groups is 1. The Kier molecular flexibility index (Phi) is 14.0. The topological polar surface area (TPSA) is 50.2 Å². The molecule has 0 saturated carbocycles. The molecular formula is C36H50IrNO2-. The number of rotatable bonds is 10. The number of aliphatic hydroxyl groups excluding tert-OH is 1. The number of carbonyl (C=O) groups excluding carboxylic acids is 1. The van der Waals surface area contributed by atoms with Crippen LogP contribution in [0.3, 0.4) is 0 Å². The molecule has 2 aromatic carbocycles. The molecule has 0 aliphatic carbocycles. The third kappa shape index (κ3) is 9.11. The van der Waals surface area contributed by atoms with Crippen molar-refractivity contribution in [3.63, 3.8) is 0 Å². The van der Waals surface area contributed by atoms with Gasteiger partial charge in [-0.2, -0.15) is 0 Å². The van der Waals surface area contributed by atoms with Gasteiger partial charge in [-0.25, -0.2) is 0 Å². The number of allylic oxidation sites excluding steroid dienone is 2. The van der Waals surface area contributed by atoms with Crippen LogP contribution < -0.4 is 0 Å². The van der Waals surface area contributed by atoms with Crippen molar-refractivity contribution in [2.75, 3.05) is 0 Å². The average Bonchev–Trinajstić information content (AvgIpc) is 2.91. The van der Waals surface area contributed by atoms with Crippen LogP contribution in [0.15, 0.2) is 54.4 Å². The van der Waals surface area contributed by atoms with Crippen molar-refractivity contribution in [2.24, 2.45) is 16.7 Å². The molecular weight excluding hydrogens is 671 g/mol.